The lowest BCUT2D eigenvalue weighted by Crippen LogP contribution is -2.39. The molecule has 0 aromatic carbocycles. The van der Waals surface area contributed by atoms with Gasteiger partial charge in [0.2, 0.25) is 0 Å². The average Bonchev–Trinajstić information content (AvgIpc) is 2.92. The smallest absolute Gasteiger partial charge is 0.137 e. The second kappa shape index (κ2) is 5.83. The van der Waals surface area contributed by atoms with Crippen LogP contribution in [0.5, 0.6) is 0 Å². The first-order valence-electron chi connectivity index (χ1n) is 7.49. The monoisotopic (exact) mass is 248 g/mol. The van der Waals surface area contributed by atoms with E-state index in [1.807, 2.05) is 0 Å². The Labute approximate surface area is 109 Å². The first-order chi connectivity index (χ1) is 8.92. The van der Waals surface area contributed by atoms with Gasteiger partial charge in [0.25, 0.3) is 0 Å². The van der Waals surface area contributed by atoms with Gasteiger partial charge in [-0.3, -0.25) is 5.10 Å². The summed E-state index contributed by atoms with van der Waals surface area (Å²) in [6.07, 6.45) is 12.7. The minimum Gasteiger partial charge on any atom is -0.314 e. The molecule has 0 aliphatic heterocycles. The van der Waals surface area contributed by atoms with E-state index in [-0.39, 0.29) is 0 Å². The molecule has 2 aliphatic rings. The summed E-state index contributed by atoms with van der Waals surface area (Å²) in [5.41, 5.74) is 0. The highest BCUT2D eigenvalue weighted by molar-refractivity contribution is 4.87. The predicted octanol–water partition coefficient (Wildman–Crippen LogP) is 2.30. The molecule has 18 heavy (non-hydrogen) atoms. The van der Waals surface area contributed by atoms with Gasteiger partial charge in [0.05, 0.1) is 0 Å². The van der Waals surface area contributed by atoms with Crippen LogP contribution in [-0.2, 0) is 6.42 Å². The van der Waals surface area contributed by atoms with E-state index >= 15 is 0 Å². The van der Waals surface area contributed by atoms with Gasteiger partial charge in [-0.15, -0.1) is 0 Å². The molecule has 2 aliphatic carbocycles. The highest BCUT2D eigenvalue weighted by Gasteiger charge is 2.31. The standard InChI is InChI=1S/C14H24N4/c1-2-4-12-9-13(6-5-11(12)3-1)15-8-7-14-16-10-17-18-14/h10-13,15H,1-9H2,(H,16,17,18). The summed E-state index contributed by atoms with van der Waals surface area (Å²) in [6.45, 7) is 1.03. The van der Waals surface area contributed by atoms with Crippen molar-refractivity contribution in [2.24, 2.45) is 11.8 Å². The molecule has 0 radical (unpaired) electrons. The first kappa shape index (κ1) is 12.2. The number of nitrogens with zero attached hydrogens (tertiary/aromatic N) is 2. The Morgan fingerprint density at radius 3 is 2.89 bits per heavy atom. The highest BCUT2D eigenvalue weighted by Crippen LogP contribution is 2.40. The van der Waals surface area contributed by atoms with Crippen molar-refractivity contribution in [2.45, 2.75) is 57.4 Å². The average molecular weight is 248 g/mol. The Morgan fingerprint density at radius 2 is 2.06 bits per heavy atom. The maximum atomic E-state index is 4.16. The Hall–Kier alpha value is -0.900. The summed E-state index contributed by atoms with van der Waals surface area (Å²) in [5.74, 6) is 3.05. The molecule has 2 saturated carbocycles. The van der Waals surface area contributed by atoms with E-state index in [2.05, 4.69) is 20.5 Å². The van der Waals surface area contributed by atoms with Gasteiger partial charge in [0, 0.05) is 19.0 Å². The van der Waals surface area contributed by atoms with Crippen LogP contribution < -0.4 is 5.32 Å². The second-order valence-corrected chi connectivity index (χ2v) is 5.95. The molecule has 3 unspecified atom stereocenters. The van der Waals surface area contributed by atoms with E-state index in [9.17, 15) is 0 Å². The molecule has 0 bridgehead atoms. The van der Waals surface area contributed by atoms with E-state index in [0.717, 1.165) is 36.7 Å². The molecule has 2 fully saturated rings. The minimum absolute atomic E-state index is 0.743. The molecule has 4 nitrogen and oxygen atoms in total. The number of aromatic amines is 1. The summed E-state index contributed by atoms with van der Waals surface area (Å²) in [6, 6.07) is 0.743. The number of rotatable bonds is 4. The van der Waals surface area contributed by atoms with E-state index in [4.69, 9.17) is 0 Å². The maximum Gasteiger partial charge on any atom is 0.137 e. The molecule has 0 spiro atoms. The Bertz CT molecular complexity index is 349. The summed E-state index contributed by atoms with van der Waals surface area (Å²) >= 11 is 0. The number of nitrogens with one attached hydrogen (secondary N) is 2. The Kier molecular flexibility index (Phi) is 3.93. The molecule has 3 rings (SSSR count). The van der Waals surface area contributed by atoms with E-state index < -0.39 is 0 Å². The molecular formula is C14H24N4. The Balaban J connectivity index is 1.41. The highest BCUT2D eigenvalue weighted by atomic mass is 15.2. The van der Waals surface area contributed by atoms with Gasteiger partial charge in [0.1, 0.15) is 12.2 Å². The predicted molar refractivity (Wildman–Crippen MR) is 71.2 cm³/mol. The van der Waals surface area contributed by atoms with Crippen LogP contribution in [-0.4, -0.2) is 27.8 Å². The maximum absolute atomic E-state index is 4.16. The zero-order chi connectivity index (χ0) is 12.2. The van der Waals surface area contributed by atoms with Crippen LogP contribution in [0.15, 0.2) is 6.33 Å². The van der Waals surface area contributed by atoms with Gasteiger partial charge in [0.15, 0.2) is 0 Å². The van der Waals surface area contributed by atoms with Crippen LogP contribution in [0.2, 0.25) is 0 Å². The lowest BCUT2D eigenvalue weighted by molar-refractivity contribution is 0.144. The number of fused-ring (bicyclic) bond motifs is 1. The molecule has 1 aromatic heterocycles. The fourth-order valence-corrected chi connectivity index (χ4v) is 3.80. The van der Waals surface area contributed by atoms with Crippen molar-refractivity contribution in [3.63, 3.8) is 0 Å². The summed E-state index contributed by atoms with van der Waals surface area (Å²) < 4.78 is 0. The molecule has 2 N–H and O–H groups in total. The van der Waals surface area contributed by atoms with Crippen molar-refractivity contribution >= 4 is 0 Å². The van der Waals surface area contributed by atoms with Crippen molar-refractivity contribution in [1.82, 2.24) is 20.5 Å². The molecule has 0 amide bonds. The van der Waals surface area contributed by atoms with Gasteiger partial charge in [-0.25, -0.2) is 4.98 Å². The molecule has 1 aromatic rings. The van der Waals surface area contributed by atoms with Crippen molar-refractivity contribution in [3.8, 4) is 0 Å². The zero-order valence-electron chi connectivity index (χ0n) is 11.1. The number of hydrogen-bond donors (Lipinski definition) is 2. The van der Waals surface area contributed by atoms with E-state index in [0.29, 0.717) is 0 Å². The van der Waals surface area contributed by atoms with Crippen LogP contribution in [0.1, 0.15) is 50.8 Å². The molecule has 0 saturated heterocycles. The lowest BCUT2D eigenvalue weighted by atomic mass is 9.69. The van der Waals surface area contributed by atoms with Crippen LogP contribution in [0.4, 0.5) is 0 Å². The second-order valence-electron chi connectivity index (χ2n) is 5.95. The number of H-pyrrole nitrogens is 1. The fraction of sp³-hybridized carbons (Fsp3) is 0.857. The molecule has 4 heteroatoms. The van der Waals surface area contributed by atoms with Gasteiger partial charge in [-0.05, 0) is 31.1 Å². The van der Waals surface area contributed by atoms with Crippen LogP contribution >= 0.6 is 0 Å². The first-order valence-corrected chi connectivity index (χ1v) is 7.49. The van der Waals surface area contributed by atoms with Gasteiger partial charge >= 0.3 is 0 Å². The topological polar surface area (TPSA) is 53.6 Å². The molecule has 100 valence electrons. The van der Waals surface area contributed by atoms with E-state index in [1.54, 1.807) is 6.33 Å². The summed E-state index contributed by atoms with van der Waals surface area (Å²) in [7, 11) is 0. The quantitative estimate of drug-likeness (QED) is 0.859. The van der Waals surface area contributed by atoms with Crippen molar-refractivity contribution in [1.29, 1.82) is 0 Å². The van der Waals surface area contributed by atoms with Crippen LogP contribution in [0.3, 0.4) is 0 Å². The summed E-state index contributed by atoms with van der Waals surface area (Å²) in [5, 5.41) is 10.5. The van der Waals surface area contributed by atoms with Crippen molar-refractivity contribution < 1.29 is 0 Å². The lowest BCUT2D eigenvalue weighted by Gasteiger charge is -2.39. The number of aromatic nitrogens is 3. The SMILES string of the molecule is c1n[nH]c(CCNC2CCC3CCCCC3C2)n1. The third kappa shape index (κ3) is 2.91. The minimum atomic E-state index is 0.743. The van der Waals surface area contributed by atoms with Gasteiger partial charge in [-0.1, -0.05) is 25.7 Å². The van der Waals surface area contributed by atoms with Crippen LogP contribution in [0, 0.1) is 11.8 Å². The van der Waals surface area contributed by atoms with E-state index in [1.165, 1.54) is 44.9 Å². The number of hydrogen-bond acceptors (Lipinski definition) is 3. The zero-order valence-corrected chi connectivity index (χ0v) is 11.1. The fourth-order valence-electron chi connectivity index (χ4n) is 3.80. The normalized spacial score (nSPS) is 32.1. The molecule has 3 atom stereocenters. The third-order valence-electron chi connectivity index (χ3n) is 4.80. The molecule has 1 heterocycles. The Morgan fingerprint density at radius 1 is 1.17 bits per heavy atom. The van der Waals surface area contributed by atoms with Crippen molar-refractivity contribution in [3.05, 3.63) is 12.2 Å². The van der Waals surface area contributed by atoms with Crippen molar-refractivity contribution in [2.75, 3.05) is 6.54 Å². The van der Waals surface area contributed by atoms with Crippen LogP contribution in [0.25, 0.3) is 0 Å². The molecular weight excluding hydrogens is 224 g/mol. The third-order valence-corrected chi connectivity index (χ3v) is 4.80. The van der Waals surface area contributed by atoms with Gasteiger partial charge < -0.3 is 5.32 Å². The summed E-state index contributed by atoms with van der Waals surface area (Å²) in [4.78, 5) is 4.16. The largest absolute Gasteiger partial charge is 0.314 e. The van der Waals surface area contributed by atoms with Gasteiger partial charge in [-0.2, -0.15) is 5.10 Å².